The molecule has 0 spiro atoms. The zero-order valence-electron chi connectivity index (χ0n) is 5.85. The van der Waals surface area contributed by atoms with Gasteiger partial charge in [-0.05, 0) is 6.42 Å². The van der Waals surface area contributed by atoms with E-state index in [1.165, 1.54) is 5.57 Å². The van der Waals surface area contributed by atoms with Crippen LogP contribution in [0, 0.1) is 12.3 Å². The molecular formula is C9H12. The summed E-state index contributed by atoms with van der Waals surface area (Å²) in [7, 11) is 0. The second-order valence-corrected chi connectivity index (χ2v) is 1.74. The van der Waals surface area contributed by atoms with Gasteiger partial charge >= 0.3 is 0 Å². The minimum absolute atomic E-state index is 0.717. The van der Waals surface area contributed by atoms with Crippen molar-refractivity contribution in [1.82, 2.24) is 0 Å². The molecule has 0 aliphatic heterocycles. The molecular weight excluding hydrogens is 108 g/mol. The van der Waals surface area contributed by atoms with Crippen molar-refractivity contribution in [2.24, 2.45) is 0 Å². The number of terminal acetylenes is 1. The van der Waals surface area contributed by atoms with Gasteiger partial charge in [-0.25, -0.2) is 0 Å². The molecule has 0 saturated heterocycles. The third-order valence-corrected chi connectivity index (χ3v) is 1.15. The van der Waals surface area contributed by atoms with Crippen LogP contribution < -0.4 is 0 Å². The number of hydrogen-bond acceptors (Lipinski definition) is 0. The maximum atomic E-state index is 5.06. The lowest BCUT2D eigenvalue weighted by Crippen LogP contribution is -1.71. The standard InChI is InChI=1S/C9H12/c1-4-7-8-9(5-2)6-3/h1,5,8H,2,6-7H2,3H3. The maximum Gasteiger partial charge on any atom is 0.0272 e. The highest BCUT2D eigenvalue weighted by atomic mass is 13.9. The lowest BCUT2D eigenvalue weighted by Gasteiger charge is -1.91. The maximum absolute atomic E-state index is 5.06. The van der Waals surface area contributed by atoms with E-state index in [-0.39, 0.29) is 0 Å². The predicted molar refractivity (Wildman–Crippen MR) is 42.0 cm³/mol. The molecule has 0 heterocycles. The van der Waals surface area contributed by atoms with Gasteiger partial charge in [0.2, 0.25) is 0 Å². The number of rotatable bonds is 3. The Morgan fingerprint density at radius 2 is 2.44 bits per heavy atom. The van der Waals surface area contributed by atoms with Gasteiger partial charge in [0.1, 0.15) is 0 Å². The molecule has 0 nitrogen and oxygen atoms in total. The molecule has 0 bridgehead atoms. The molecule has 0 unspecified atom stereocenters. The molecule has 0 aliphatic carbocycles. The van der Waals surface area contributed by atoms with Crippen molar-refractivity contribution in [3.63, 3.8) is 0 Å². The fourth-order valence-electron chi connectivity index (χ4n) is 0.562. The first-order valence-electron chi connectivity index (χ1n) is 3.10. The van der Waals surface area contributed by atoms with Gasteiger partial charge in [0, 0.05) is 6.42 Å². The largest absolute Gasteiger partial charge is 0.120 e. The SMILES string of the molecule is C#CCC=C(C=C)CC. The zero-order chi connectivity index (χ0) is 7.11. The molecule has 0 heteroatoms. The number of allylic oxidation sites excluding steroid dienone is 3. The summed E-state index contributed by atoms with van der Waals surface area (Å²) in [6.07, 6.45) is 10.7. The van der Waals surface area contributed by atoms with Crippen LogP contribution in [0.3, 0.4) is 0 Å². The van der Waals surface area contributed by atoms with Crippen LogP contribution in [0.15, 0.2) is 24.3 Å². The smallest absolute Gasteiger partial charge is 0.0272 e. The molecule has 0 aromatic carbocycles. The molecule has 0 saturated carbocycles. The third kappa shape index (κ3) is 3.61. The number of hydrogen-bond donors (Lipinski definition) is 0. The Bertz CT molecular complexity index is 144. The lowest BCUT2D eigenvalue weighted by molar-refractivity contribution is 1.13. The second-order valence-electron chi connectivity index (χ2n) is 1.74. The summed E-state index contributed by atoms with van der Waals surface area (Å²) in [5.74, 6) is 2.54. The van der Waals surface area contributed by atoms with Crippen LogP contribution >= 0.6 is 0 Å². The van der Waals surface area contributed by atoms with Crippen LogP contribution in [0.25, 0.3) is 0 Å². The Labute approximate surface area is 57.3 Å². The fourth-order valence-corrected chi connectivity index (χ4v) is 0.562. The van der Waals surface area contributed by atoms with Gasteiger partial charge < -0.3 is 0 Å². The van der Waals surface area contributed by atoms with Crippen molar-refractivity contribution < 1.29 is 0 Å². The summed E-state index contributed by atoms with van der Waals surface area (Å²) in [5, 5.41) is 0. The van der Waals surface area contributed by atoms with Gasteiger partial charge in [-0.1, -0.05) is 31.2 Å². The van der Waals surface area contributed by atoms with Crippen molar-refractivity contribution in [2.45, 2.75) is 19.8 Å². The minimum Gasteiger partial charge on any atom is -0.120 e. The molecule has 0 fully saturated rings. The van der Waals surface area contributed by atoms with E-state index in [9.17, 15) is 0 Å². The van der Waals surface area contributed by atoms with E-state index in [2.05, 4.69) is 19.4 Å². The van der Waals surface area contributed by atoms with Gasteiger partial charge in [-0.2, -0.15) is 0 Å². The van der Waals surface area contributed by atoms with Crippen molar-refractivity contribution in [3.8, 4) is 12.3 Å². The average Bonchev–Trinajstić information content (AvgIpc) is 1.91. The van der Waals surface area contributed by atoms with Gasteiger partial charge in [0.15, 0.2) is 0 Å². The molecule has 48 valence electrons. The summed E-state index contributed by atoms with van der Waals surface area (Å²) in [4.78, 5) is 0. The van der Waals surface area contributed by atoms with Gasteiger partial charge in [-0.3, -0.25) is 0 Å². The first kappa shape index (κ1) is 8.04. The Hall–Kier alpha value is -0.960. The van der Waals surface area contributed by atoms with Gasteiger partial charge in [0.05, 0.1) is 0 Å². The van der Waals surface area contributed by atoms with Crippen LogP contribution in [0.2, 0.25) is 0 Å². The summed E-state index contributed by atoms with van der Waals surface area (Å²) in [6, 6.07) is 0. The van der Waals surface area contributed by atoms with E-state index in [4.69, 9.17) is 6.42 Å². The van der Waals surface area contributed by atoms with E-state index < -0.39 is 0 Å². The van der Waals surface area contributed by atoms with Gasteiger partial charge in [-0.15, -0.1) is 12.3 Å². The predicted octanol–water partition coefficient (Wildman–Crippen LogP) is 2.53. The van der Waals surface area contributed by atoms with Crippen molar-refractivity contribution in [3.05, 3.63) is 24.3 Å². The molecule has 0 aromatic heterocycles. The van der Waals surface area contributed by atoms with E-state index in [0.717, 1.165) is 12.8 Å². The van der Waals surface area contributed by atoms with Crippen molar-refractivity contribution in [2.75, 3.05) is 0 Å². The van der Waals surface area contributed by atoms with E-state index >= 15 is 0 Å². The molecule has 0 amide bonds. The van der Waals surface area contributed by atoms with E-state index in [0.29, 0.717) is 0 Å². The van der Waals surface area contributed by atoms with Gasteiger partial charge in [0.25, 0.3) is 0 Å². The zero-order valence-corrected chi connectivity index (χ0v) is 5.85. The van der Waals surface area contributed by atoms with Crippen LogP contribution in [-0.4, -0.2) is 0 Å². The van der Waals surface area contributed by atoms with E-state index in [1.807, 2.05) is 12.2 Å². The van der Waals surface area contributed by atoms with Crippen molar-refractivity contribution >= 4 is 0 Å². The summed E-state index contributed by atoms with van der Waals surface area (Å²) in [5.41, 5.74) is 1.23. The second kappa shape index (κ2) is 5.18. The molecule has 0 rings (SSSR count). The summed E-state index contributed by atoms with van der Waals surface area (Å²) in [6.45, 7) is 5.74. The minimum atomic E-state index is 0.717. The Balaban J connectivity index is 3.79. The van der Waals surface area contributed by atoms with Crippen LogP contribution in [-0.2, 0) is 0 Å². The Kier molecular flexibility index (Phi) is 4.63. The Morgan fingerprint density at radius 1 is 1.78 bits per heavy atom. The molecule has 0 radical (unpaired) electrons. The van der Waals surface area contributed by atoms with Crippen molar-refractivity contribution in [1.29, 1.82) is 0 Å². The summed E-state index contributed by atoms with van der Waals surface area (Å²) >= 11 is 0. The normalized spacial score (nSPS) is 10.4. The van der Waals surface area contributed by atoms with Crippen LogP contribution in [0.4, 0.5) is 0 Å². The monoisotopic (exact) mass is 120 g/mol. The van der Waals surface area contributed by atoms with Crippen LogP contribution in [0.5, 0.6) is 0 Å². The fraction of sp³-hybridized carbons (Fsp3) is 0.333. The molecule has 0 aromatic rings. The lowest BCUT2D eigenvalue weighted by atomic mass is 10.2. The highest BCUT2D eigenvalue weighted by Gasteiger charge is 1.81. The van der Waals surface area contributed by atoms with E-state index in [1.54, 1.807) is 0 Å². The average molecular weight is 120 g/mol. The molecule has 0 atom stereocenters. The molecule has 0 aliphatic rings. The quantitative estimate of drug-likeness (QED) is 0.396. The topological polar surface area (TPSA) is 0 Å². The molecule has 0 N–H and O–H groups in total. The summed E-state index contributed by atoms with van der Waals surface area (Å²) < 4.78 is 0. The molecule has 9 heavy (non-hydrogen) atoms. The third-order valence-electron chi connectivity index (χ3n) is 1.15. The van der Waals surface area contributed by atoms with Crippen LogP contribution in [0.1, 0.15) is 19.8 Å². The highest BCUT2D eigenvalue weighted by Crippen LogP contribution is 2.01. The first-order chi connectivity index (χ1) is 4.35. The first-order valence-corrected chi connectivity index (χ1v) is 3.10. The highest BCUT2D eigenvalue weighted by molar-refractivity contribution is 5.17. The Morgan fingerprint density at radius 3 is 2.78 bits per heavy atom.